The summed E-state index contributed by atoms with van der Waals surface area (Å²) in [6.45, 7) is 0.378. The predicted octanol–water partition coefficient (Wildman–Crippen LogP) is 1.98. The number of benzene rings is 1. The summed E-state index contributed by atoms with van der Waals surface area (Å²) in [5, 5.41) is 2.88. The van der Waals surface area contributed by atoms with Crippen LogP contribution in [-0.4, -0.2) is 26.3 Å². The van der Waals surface area contributed by atoms with Gasteiger partial charge in [0.1, 0.15) is 0 Å². The number of halogens is 2. The van der Waals surface area contributed by atoms with Gasteiger partial charge < -0.3 is 11.1 Å². The molecule has 0 radical (unpaired) electrons. The van der Waals surface area contributed by atoms with E-state index in [0.717, 1.165) is 19.3 Å². The molecular formula is C12H16F2N2O2S. The van der Waals surface area contributed by atoms with Crippen molar-refractivity contribution in [1.29, 1.82) is 0 Å². The maximum Gasteiger partial charge on any atom is 0.341 e. The SMILES string of the molecule is NC1(CNc2ccccc2S(=O)(=O)C(F)F)CCC1. The minimum atomic E-state index is -4.60. The van der Waals surface area contributed by atoms with Crippen molar-refractivity contribution in [2.75, 3.05) is 11.9 Å². The Kier molecular flexibility index (Phi) is 3.78. The fraction of sp³-hybridized carbons (Fsp3) is 0.500. The van der Waals surface area contributed by atoms with Crippen molar-refractivity contribution in [3.8, 4) is 0 Å². The lowest BCUT2D eigenvalue weighted by molar-refractivity contribution is 0.235. The standard InChI is InChI=1S/C12H16F2N2O2S/c13-11(14)19(17,18)10-5-2-1-4-9(10)16-8-12(15)6-3-7-12/h1-2,4-5,11,16H,3,6-8,15H2. The van der Waals surface area contributed by atoms with Crippen LogP contribution < -0.4 is 11.1 Å². The highest BCUT2D eigenvalue weighted by molar-refractivity contribution is 7.91. The summed E-state index contributed by atoms with van der Waals surface area (Å²) in [6.07, 6.45) is 2.74. The summed E-state index contributed by atoms with van der Waals surface area (Å²) in [6, 6.07) is 5.66. The average Bonchev–Trinajstić information content (AvgIpc) is 2.34. The largest absolute Gasteiger partial charge is 0.382 e. The van der Waals surface area contributed by atoms with Crippen LogP contribution in [0.4, 0.5) is 14.5 Å². The van der Waals surface area contributed by atoms with Gasteiger partial charge in [-0.2, -0.15) is 8.78 Å². The molecule has 1 aliphatic carbocycles. The van der Waals surface area contributed by atoms with E-state index in [1.807, 2.05) is 0 Å². The number of rotatable bonds is 5. The number of nitrogens with two attached hydrogens (primary N) is 1. The number of sulfone groups is 1. The van der Waals surface area contributed by atoms with E-state index >= 15 is 0 Å². The van der Waals surface area contributed by atoms with Gasteiger partial charge in [-0.3, -0.25) is 0 Å². The maximum absolute atomic E-state index is 12.6. The lowest BCUT2D eigenvalue weighted by Crippen LogP contribution is -2.52. The van der Waals surface area contributed by atoms with E-state index in [1.54, 1.807) is 6.07 Å². The van der Waals surface area contributed by atoms with E-state index in [2.05, 4.69) is 5.32 Å². The summed E-state index contributed by atoms with van der Waals surface area (Å²) >= 11 is 0. The lowest BCUT2D eigenvalue weighted by Gasteiger charge is -2.38. The Bertz CT molecular complexity index is 557. The van der Waals surface area contributed by atoms with Crippen LogP contribution in [0.25, 0.3) is 0 Å². The molecule has 4 nitrogen and oxygen atoms in total. The molecule has 0 spiro atoms. The number of nitrogens with one attached hydrogen (secondary N) is 1. The van der Waals surface area contributed by atoms with Crippen LogP contribution in [-0.2, 0) is 9.84 Å². The predicted molar refractivity (Wildman–Crippen MR) is 68.9 cm³/mol. The minimum absolute atomic E-state index is 0.180. The molecular weight excluding hydrogens is 274 g/mol. The third kappa shape index (κ3) is 2.87. The van der Waals surface area contributed by atoms with Crippen molar-refractivity contribution < 1.29 is 17.2 Å². The first-order valence-corrected chi connectivity index (χ1v) is 7.54. The van der Waals surface area contributed by atoms with Crippen LogP contribution in [0, 0.1) is 0 Å². The second-order valence-corrected chi connectivity index (χ2v) is 6.76. The molecule has 3 N–H and O–H groups in total. The van der Waals surface area contributed by atoms with Crippen LogP contribution in [0.5, 0.6) is 0 Å². The highest BCUT2D eigenvalue weighted by Crippen LogP contribution is 2.31. The van der Waals surface area contributed by atoms with Crippen molar-refractivity contribution in [3.05, 3.63) is 24.3 Å². The first-order valence-electron chi connectivity index (χ1n) is 5.99. The van der Waals surface area contributed by atoms with E-state index < -0.39 is 15.6 Å². The van der Waals surface area contributed by atoms with Crippen molar-refractivity contribution in [3.63, 3.8) is 0 Å². The minimum Gasteiger partial charge on any atom is -0.382 e. The molecule has 0 heterocycles. The number of alkyl halides is 2. The van der Waals surface area contributed by atoms with Gasteiger partial charge in [-0.1, -0.05) is 12.1 Å². The molecule has 0 atom stereocenters. The van der Waals surface area contributed by atoms with Crippen molar-refractivity contribution in [1.82, 2.24) is 0 Å². The Balaban J connectivity index is 2.22. The number of para-hydroxylation sites is 1. The molecule has 106 valence electrons. The molecule has 2 rings (SSSR count). The average molecular weight is 290 g/mol. The van der Waals surface area contributed by atoms with Crippen molar-refractivity contribution >= 4 is 15.5 Å². The molecule has 19 heavy (non-hydrogen) atoms. The fourth-order valence-electron chi connectivity index (χ4n) is 2.04. The quantitative estimate of drug-likeness (QED) is 0.869. The van der Waals surface area contributed by atoms with Crippen LogP contribution in [0.1, 0.15) is 19.3 Å². The normalized spacial score (nSPS) is 18.1. The van der Waals surface area contributed by atoms with E-state index in [9.17, 15) is 17.2 Å². The zero-order valence-corrected chi connectivity index (χ0v) is 11.1. The first kappa shape index (κ1) is 14.2. The molecule has 0 aliphatic heterocycles. The summed E-state index contributed by atoms with van der Waals surface area (Å²) in [5.41, 5.74) is 5.83. The number of hydrogen-bond donors (Lipinski definition) is 2. The van der Waals surface area contributed by atoms with Gasteiger partial charge in [0.05, 0.1) is 10.6 Å². The van der Waals surface area contributed by atoms with Crippen LogP contribution in [0.2, 0.25) is 0 Å². The van der Waals surface area contributed by atoms with Gasteiger partial charge in [0.25, 0.3) is 0 Å². The molecule has 0 saturated heterocycles. The van der Waals surface area contributed by atoms with Gasteiger partial charge in [-0.05, 0) is 31.4 Å². The van der Waals surface area contributed by atoms with Gasteiger partial charge in [-0.15, -0.1) is 0 Å². The van der Waals surface area contributed by atoms with Gasteiger partial charge in [0.2, 0.25) is 9.84 Å². The zero-order valence-electron chi connectivity index (χ0n) is 10.3. The van der Waals surface area contributed by atoms with Gasteiger partial charge in [0.15, 0.2) is 0 Å². The summed E-state index contributed by atoms with van der Waals surface area (Å²) in [4.78, 5) is -0.382. The Morgan fingerprint density at radius 3 is 2.47 bits per heavy atom. The molecule has 7 heteroatoms. The van der Waals surface area contributed by atoms with Crippen molar-refractivity contribution in [2.45, 2.75) is 35.5 Å². The van der Waals surface area contributed by atoms with Crippen LogP contribution in [0.3, 0.4) is 0 Å². The monoisotopic (exact) mass is 290 g/mol. The molecule has 1 saturated carbocycles. The summed E-state index contributed by atoms with van der Waals surface area (Å²) in [7, 11) is -4.60. The Labute approximate surface area is 110 Å². The molecule has 0 bridgehead atoms. The molecule has 1 fully saturated rings. The Hall–Kier alpha value is -1.21. The number of hydrogen-bond acceptors (Lipinski definition) is 4. The Morgan fingerprint density at radius 2 is 1.95 bits per heavy atom. The third-order valence-corrected chi connectivity index (χ3v) is 4.85. The number of anilines is 1. The van der Waals surface area contributed by atoms with E-state index in [0.29, 0.717) is 6.54 Å². The molecule has 1 aromatic rings. The fourth-order valence-corrected chi connectivity index (χ4v) is 2.94. The molecule has 1 aromatic carbocycles. The highest BCUT2D eigenvalue weighted by atomic mass is 32.2. The second-order valence-electron chi connectivity index (χ2n) is 4.87. The zero-order chi connectivity index (χ0) is 14.1. The summed E-state index contributed by atoms with van der Waals surface area (Å²) < 4.78 is 48.3. The molecule has 0 aromatic heterocycles. The smallest absolute Gasteiger partial charge is 0.341 e. The molecule has 0 amide bonds. The lowest BCUT2D eigenvalue weighted by atomic mass is 9.78. The summed E-state index contributed by atoms with van der Waals surface area (Å²) in [5.74, 6) is -3.43. The third-order valence-electron chi connectivity index (χ3n) is 3.41. The molecule has 1 aliphatic rings. The van der Waals surface area contributed by atoms with Gasteiger partial charge in [-0.25, -0.2) is 8.42 Å². The first-order chi connectivity index (χ1) is 8.85. The van der Waals surface area contributed by atoms with E-state index in [-0.39, 0.29) is 16.1 Å². The second kappa shape index (κ2) is 5.05. The van der Waals surface area contributed by atoms with Crippen LogP contribution in [0.15, 0.2) is 29.2 Å². The van der Waals surface area contributed by atoms with Gasteiger partial charge >= 0.3 is 5.76 Å². The maximum atomic E-state index is 12.6. The van der Waals surface area contributed by atoms with Gasteiger partial charge in [0, 0.05) is 12.1 Å². The van der Waals surface area contributed by atoms with E-state index in [1.165, 1.54) is 18.2 Å². The van der Waals surface area contributed by atoms with Crippen LogP contribution >= 0.6 is 0 Å². The van der Waals surface area contributed by atoms with Crippen molar-refractivity contribution in [2.24, 2.45) is 5.73 Å². The molecule has 0 unspecified atom stereocenters. The Morgan fingerprint density at radius 1 is 1.32 bits per heavy atom. The highest BCUT2D eigenvalue weighted by Gasteiger charge is 2.33. The topological polar surface area (TPSA) is 72.2 Å². The van der Waals surface area contributed by atoms with E-state index in [4.69, 9.17) is 5.73 Å².